The van der Waals surface area contributed by atoms with Crippen LogP contribution in [0.5, 0.6) is 0 Å². The maximum Gasteiger partial charge on any atom is 0.222 e. The summed E-state index contributed by atoms with van der Waals surface area (Å²) in [5.41, 5.74) is 0. The summed E-state index contributed by atoms with van der Waals surface area (Å²) in [4.78, 5) is 32.2. The first-order valence-corrected chi connectivity index (χ1v) is 8.58. The maximum atomic E-state index is 12.4. The van der Waals surface area contributed by atoms with Gasteiger partial charge in [-0.3, -0.25) is 14.7 Å². The molecule has 2 aliphatic heterocycles. The molecule has 2 amide bonds. The van der Waals surface area contributed by atoms with Crippen molar-refractivity contribution in [2.24, 2.45) is 0 Å². The predicted molar refractivity (Wildman–Crippen MR) is 84.7 cm³/mol. The Kier molecular flexibility index (Phi) is 4.93. The van der Waals surface area contributed by atoms with Crippen LogP contribution in [0.15, 0.2) is 0 Å². The Morgan fingerprint density at radius 3 is 2.91 bits per heavy atom. The van der Waals surface area contributed by atoms with Gasteiger partial charge in [0, 0.05) is 44.9 Å². The summed E-state index contributed by atoms with van der Waals surface area (Å²) in [7, 11) is 0. The van der Waals surface area contributed by atoms with Gasteiger partial charge >= 0.3 is 0 Å². The van der Waals surface area contributed by atoms with Gasteiger partial charge in [-0.05, 0) is 32.6 Å². The zero-order valence-corrected chi connectivity index (χ0v) is 13.8. The van der Waals surface area contributed by atoms with Crippen molar-refractivity contribution in [1.82, 2.24) is 25.0 Å². The number of aryl methyl sites for hydroxylation is 1. The van der Waals surface area contributed by atoms with Crippen LogP contribution in [0.1, 0.15) is 56.1 Å². The monoisotopic (exact) mass is 319 g/mol. The molecule has 1 atom stereocenters. The lowest BCUT2D eigenvalue weighted by atomic mass is 9.97. The lowest BCUT2D eigenvalue weighted by molar-refractivity contribution is -0.133. The van der Waals surface area contributed by atoms with Crippen molar-refractivity contribution >= 4 is 11.8 Å². The van der Waals surface area contributed by atoms with Crippen molar-refractivity contribution in [2.45, 2.75) is 51.4 Å². The van der Waals surface area contributed by atoms with Crippen LogP contribution in [0.4, 0.5) is 0 Å². The smallest absolute Gasteiger partial charge is 0.222 e. The fourth-order valence-electron chi connectivity index (χ4n) is 3.48. The molecule has 1 aromatic heterocycles. The first-order chi connectivity index (χ1) is 11.1. The van der Waals surface area contributed by atoms with E-state index in [2.05, 4.69) is 15.2 Å². The quantitative estimate of drug-likeness (QED) is 0.885. The zero-order chi connectivity index (χ0) is 16.2. The summed E-state index contributed by atoms with van der Waals surface area (Å²) >= 11 is 0. The summed E-state index contributed by atoms with van der Waals surface area (Å²) in [5.74, 6) is 2.29. The van der Waals surface area contributed by atoms with E-state index >= 15 is 0 Å². The molecule has 1 N–H and O–H groups in total. The fourth-order valence-corrected chi connectivity index (χ4v) is 3.48. The molecule has 0 aliphatic carbocycles. The lowest BCUT2D eigenvalue weighted by Crippen LogP contribution is -2.39. The number of aromatic nitrogens is 3. The number of H-pyrrole nitrogens is 1. The Bertz CT molecular complexity index is 571. The van der Waals surface area contributed by atoms with Crippen LogP contribution in [0.3, 0.4) is 0 Å². The molecule has 1 unspecified atom stereocenters. The summed E-state index contributed by atoms with van der Waals surface area (Å²) in [5, 5.41) is 7.12. The van der Waals surface area contributed by atoms with E-state index < -0.39 is 0 Å². The van der Waals surface area contributed by atoms with E-state index in [1.54, 1.807) is 0 Å². The second-order valence-electron chi connectivity index (χ2n) is 6.55. The number of aromatic amines is 1. The third-order valence-corrected chi connectivity index (χ3v) is 4.74. The minimum atomic E-state index is 0.189. The van der Waals surface area contributed by atoms with Gasteiger partial charge in [-0.2, -0.15) is 5.10 Å². The van der Waals surface area contributed by atoms with Crippen LogP contribution in [0, 0.1) is 6.92 Å². The molecule has 1 aromatic rings. The second-order valence-corrected chi connectivity index (χ2v) is 6.55. The Hall–Kier alpha value is -1.92. The fraction of sp³-hybridized carbons (Fsp3) is 0.750. The Morgan fingerprint density at radius 1 is 1.35 bits per heavy atom. The highest BCUT2D eigenvalue weighted by Crippen LogP contribution is 2.25. The van der Waals surface area contributed by atoms with E-state index in [0.717, 1.165) is 50.4 Å². The lowest BCUT2D eigenvalue weighted by Gasteiger charge is -2.31. The number of nitrogens with one attached hydrogen (secondary N) is 1. The number of amides is 2. The Labute approximate surface area is 136 Å². The zero-order valence-electron chi connectivity index (χ0n) is 13.8. The first kappa shape index (κ1) is 16.0. The van der Waals surface area contributed by atoms with Gasteiger partial charge in [0.2, 0.25) is 11.8 Å². The number of rotatable bonds is 5. The van der Waals surface area contributed by atoms with Crippen LogP contribution in [0.2, 0.25) is 0 Å². The van der Waals surface area contributed by atoms with Crippen molar-refractivity contribution in [3.05, 3.63) is 11.6 Å². The van der Waals surface area contributed by atoms with Gasteiger partial charge in [0.15, 0.2) is 5.82 Å². The molecule has 23 heavy (non-hydrogen) atoms. The van der Waals surface area contributed by atoms with Crippen molar-refractivity contribution in [3.8, 4) is 0 Å². The molecule has 2 saturated heterocycles. The molecule has 0 spiro atoms. The SMILES string of the molecule is Cc1nc(C2CCCN(C(=O)CCCN3CCCC3=O)C2)n[nH]1. The van der Waals surface area contributed by atoms with Crippen LogP contribution in [-0.4, -0.2) is 63.0 Å². The van der Waals surface area contributed by atoms with Crippen molar-refractivity contribution in [1.29, 1.82) is 0 Å². The number of hydrogen-bond donors (Lipinski definition) is 1. The molecule has 3 heterocycles. The molecular weight excluding hydrogens is 294 g/mol. The van der Waals surface area contributed by atoms with Crippen molar-refractivity contribution in [2.75, 3.05) is 26.2 Å². The van der Waals surface area contributed by atoms with E-state index in [0.29, 0.717) is 25.9 Å². The summed E-state index contributed by atoms with van der Waals surface area (Å²) < 4.78 is 0. The standard InChI is InChI=1S/C16H25N5O2/c1-12-17-16(19-18-12)13-5-2-10-21(11-13)15(23)7-4-9-20-8-3-6-14(20)22/h13H,2-11H2,1H3,(H,17,18,19). The minimum absolute atomic E-state index is 0.189. The van der Waals surface area contributed by atoms with Gasteiger partial charge in [0.25, 0.3) is 0 Å². The molecule has 0 saturated carbocycles. The first-order valence-electron chi connectivity index (χ1n) is 8.58. The highest BCUT2D eigenvalue weighted by atomic mass is 16.2. The Balaban J connectivity index is 1.46. The van der Waals surface area contributed by atoms with Crippen molar-refractivity contribution in [3.63, 3.8) is 0 Å². The molecule has 0 radical (unpaired) electrons. The second kappa shape index (κ2) is 7.10. The number of nitrogens with zero attached hydrogens (tertiary/aromatic N) is 4. The van der Waals surface area contributed by atoms with E-state index in [9.17, 15) is 9.59 Å². The van der Waals surface area contributed by atoms with Gasteiger partial charge < -0.3 is 9.80 Å². The summed E-state index contributed by atoms with van der Waals surface area (Å²) in [6.07, 6.45) is 4.92. The molecule has 7 heteroatoms. The molecule has 2 fully saturated rings. The van der Waals surface area contributed by atoms with E-state index in [-0.39, 0.29) is 17.7 Å². The molecule has 3 rings (SSSR count). The van der Waals surface area contributed by atoms with Gasteiger partial charge in [0.05, 0.1) is 0 Å². The van der Waals surface area contributed by atoms with Crippen LogP contribution < -0.4 is 0 Å². The summed E-state index contributed by atoms with van der Waals surface area (Å²) in [6, 6.07) is 0. The highest BCUT2D eigenvalue weighted by molar-refractivity contribution is 5.78. The van der Waals surface area contributed by atoms with Gasteiger partial charge in [-0.25, -0.2) is 4.98 Å². The third kappa shape index (κ3) is 3.89. The Morgan fingerprint density at radius 2 is 2.22 bits per heavy atom. The molecular formula is C16H25N5O2. The number of carbonyl (C=O) groups excluding carboxylic acids is 2. The third-order valence-electron chi connectivity index (χ3n) is 4.74. The highest BCUT2D eigenvalue weighted by Gasteiger charge is 2.27. The van der Waals surface area contributed by atoms with Crippen LogP contribution in [0.25, 0.3) is 0 Å². The predicted octanol–water partition coefficient (Wildman–Crippen LogP) is 1.22. The van der Waals surface area contributed by atoms with Crippen LogP contribution >= 0.6 is 0 Å². The van der Waals surface area contributed by atoms with Gasteiger partial charge in [-0.15, -0.1) is 0 Å². The van der Waals surface area contributed by atoms with E-state index in [1.165, 1.54) is 0 Å². The number of hydrogen-bond acceptors (Lipinski definition) is 4. The normalized spacial score (nSPS) is 22.0. The van der Waals surface area contributed by atoms with Crippen molar-refractivity contribution < 1.29 is 9.59 Å². The largest absolute Gasteiger partial charge is 0.343 e. The van der Waals surface area contributed by atoms with E-state index in [1.807, 2.05) is 16.7 Å². The molecule has 7 nitrogen and oxygen atoms in total. The topological polar surface area (TPSA) is 82.2 Å². The minimum Gasteiger partial charge on any atom is -0.343 e. The number of likely N-dealkylation sites (tertiary alicyclic amines) is 2. The molecule has 126 valence electrons. The molecule has 0 aromatic carbocycles. The summed E-state index contributed by atoms with van der Waals surface area (Å²) in [6.45, 7) is 4.98. The average Bonchev–Trinajstić information content (AvgIpc) is 3.16. The number of piperidine rings is 1. The molecule has 2 aliphatic rings. The van der Waals surface area contributed by atoms with Crippen LogP contribution in [-0.2, 0) is 9.59 Å². The number of carbonyl (C=O) groups is 2. The van der Waals surface area contributed by atoms with Gasteiger partial charge in [0.1, 0.15) is 5.82 Å². The average molecular weight is 319 g/mol. The molecule has 0 bridgehead atoms. The van der Waals surface area contributed by atoms with Gasteiger partial charge in [-0.1, -0.05) is 0 Å². The maximum absolute atomic E-state index is 12.4. The van der Waals surface area contributed by atoms with E-state index in [4.69, 9.17) is 0 Å².